The number of aromatic nitrogens is 1. The van der Waals surface area contributed by atoms with Gasteiger partial charge in [-0.25, -0.2) is 0 Å². The van der Waals surface area contributed by atoms with Crippen molar-refractivity contribution in [3.05, 3.63) is 112 Å². The van der Waals surface area contributed by atoms with Crippen molar-refractivity contribution in [3.8, 4) is 5.69 Å². The Morgan fingerprint density at radius 2 is 1.47 bits per heavy atom. The molecule has 2 bridgehead atoms. The first kappa shape index (κ1) is 27.4. The molecule has 0 radical (unpaired) electrons. The molecule has 3 heterocycles. The van der Waals surface area contributed by atoms with E-state index in [0.717, 1.165) is 5.54 Å². The Labute approximate surface area is 243 Å². The number of fused-ring (bicyclic) bond motifs is 3. The van der Waals surface area contributed by atoms with E-state index in [1.165, 1.54) is 44.5 Å². The van der Waals surface area contributed by atoms with Crippen LogP contribution in [-0.4, -0.2) is 12.6 Å². The van der Waals surface area contributed by atoms with E-state index in [1.807, 2.05) is 0 Å². The number of para-hydroxylation sites is 1. The molecule has 2 aliphatic heterocycles. The Morgan fingerprint density at radius 1 is 0.806 bits per heavy atom. The van der Waals surface area contributed by atoms with E-state index in [1.54, 1.807) is 41.1 Å². The summed E-state index contributed by atoms with van der Waals surface area (Å²) in [5.74, 6) is 0. The van der Waals surface area contributed by atoms with Crippen LogP contribution in [0.5, 0.6) is 0 Å². The molecular formula is C31H30Cl2NSiZr. The largest absolute Gasteiger partial charge is 1.00 e. The molecule has 0 N–H and O–H groups in total. The number of rotatable bonds is 1. The molecule has 181 valence electrons. The molecule has 0 saturated heterocycles. The molecule has 0 spiro atoms. The second kappa shape index (κ2) is 9.91. The molecule has 1 nitrogen and oxygen atoms in total. The molecule has 2 atom stereocenters. The summed E-state index contributed by atoms with van der Waals surface area (Å²) in [5, 5.41) is 4.47. The van der Waals surface area contributed by atoms with Gasteiger partial charge in [-0.15, -0.1) is 0 Å². The van der Waals surface area contributed by atoms with Gasteiger partial charge in [-0.05, 0) is 42.8 Å². The molecule has 3 aromatic carbocycles. The van der Waals surface area contributed by atoms with Crippen molar-refractivity contribution in [2.45, 2.75) is 43.0 Å². The Morgan fingerprint density at radius 3 is 2.17 bits per heavy atom. The van der Waals surface area contributed by atoms with Gasteiger partial charge in [0.05, 0.1) is 8.07 Å². The van der Waals surface area contributed by atoms with Crippen LogP contribution in [-0.2, 0) is 24.7 Å². The van der Waals surface area contributed by atoms with Crippen LogP contribution in [0.25, 0.3) is 27.7 Å². The average molecular weight is 607 g/mol. The third-order valence-corrected chi connectivity index (χ3v) is 14.1. The summed E-state index contributed by atoms with van der Waals surface area (Å²) < 4.78 is 3.15. The number of hydrogen-bond acceptors (Lipinski definition) is 0. The van der Waals surface area contributed by atoms with Gasteiger partial charge < -0.3 is 29.4 Å². The summed E-state index contributed by atoms with van der Waals surface area (Å²) >= 11 is 1.60. The first-order chi connectivity index (χ1) is 16.3. The van der Waals surface area contributed by atoms with E-state index in [9.17, 15) is 0 Å². The molecule has 2 aliphatic carbocycles. The van der Waals surface area contributed by atoms with Gasteiger partial charge in [0.15, 0.2) is 0 Å². The van der Waals surface area contributed by atoms with Gasteiger partial charge in [0.1, 0.15) is 0 Å². The van der Waals surface area contributed by atoms with Crippen molar-refractivity contribution in [2.24, 2.45) is 0 Å². The molecule has 0 saturated carbocycles. The van der Waals surface area contributed by atoms with Crippen LogP contribution in [0.15, 0.2) is 83.9 Å². The Kier molecular flexibility index (Phi) is 7.54. The Balaban J connectivity index is 0.000000164. The minimum Gasteiger partial charge on any atom is -1.00 e. The van der Waals surface area contributed by atoms with Crippen molar-refractivity contribution in [2.75, 3.05) is 0 Å². The van der Waals surface area contributed by atoms with Gasteiger partial charge in [-0.3, -0.25) is 0 Å². The molecule has 8 rings (SSSR count). The monoisotopic (exact) mass is 604 g/mol. The van der Waals surface area contributed by atoms with Gasteiger partial charge in [-0.1, -0.05) is 36.9 Å². The molecule has 5 heteroatoms. The van der Waals surface area contributed by atoms with Crippen molar-refractivity contribution >= 4 is 30.1 Å². The fraction of sp³-hybridized carbons (Fsp3) is 0.226. The summed E-state index contributed by atoms with van der Waals surface area (Å²) in [6.45, 7) is 11.8. The fourth-order valence-electron chi connectivity index (χ4n) is 6.71. The first-order valence-corrected chi connectivity index (χ1v) is 16.7. The third kappa shape index (κ3) is 3.90. The smallest absolute Gasteiger partial charge is 1.00 e. The normalized spacial score (nSPS) is 19.8. The third-order valence-electron chi connectivity index (χ3n) is 8.11. The zero-order chi connectivity index (χ0) is 23.8. The van der Waals surface area contributed by atoms with E-state index in [2.05, 4.69) is 117 Å². The van der Waals surface area contributed by atoms with Crippen LogP contribution >= 0.6 is 0 Å². The van der Waals surface area contributed by atoms with Crippen LogP contribution in [0.3, 0.4) is 0 Å². The maximum atomic E-state index is 2.52. The number of hydrogen-bond donors (Lipinski definition) is 0. The summed E-state index contributed by atoms with van der Waals surface area (Å²) in [4.78, 5) is 0. The van der Waals surface area contributed by atoms with Crippen LogP contribution in [0.2, 0.25) is 13.1 Å². The zero-order valence-electron chi connectivity index (χ0n) is 21.4. The van der Waals surface area contributed by atoms with Crippen molar-refractivity contribution in [1.29, 1.82) is 0 Å². The minimum absolute atomic E-state index is 0. The maximum Gasteiger partial charge on any atom is -1.00 e. The predicted molar refractivity (Wildman–Crippen MR) is 144 cm³/mol. The molecule has 36 heavy (non-hydrogen) atoms. The summed E-state index contributed by atoms with van der Waals surface area (Å²) in [5.41, 5.74) is 12.7. The molecule has 4 aromatic rings. The maximum absolute atomic E-state index is 2.52. The number of nitrogens with zero attached hydrogens (tertiary/aromatic N) is 1. The molecule has 0 fully saturated rings. The van der Waals surface area contributed by atoms with Gasteiger partial charge in [0.25, 0.3) is 0 Å². The topological polar surface area (TPSA) is 4.93 Å². The minimum atomic E-state index is -1.19. The second-order valence-corrected chi connectivity index (χ2v) is 16.5. The zero-order valence-corrected chi connectivity index (χ0v) is 26.3. The second-order valence-electron chi connectivity index (χ2n) is 10.6. The van der Waals surface area contributed by atoms with E-state index >= 15 is 0 Å². The summed E-state index contributed by atoms with van der Waals surface area (Å²) in [6, 6.07) is 26.4. The van der Waals surface area contributed by atoms with Crippen LogP contribution in [0, 0.1) is 6.92 Å². The van der Waals surface area contributed by atoms with Gasteiger partial charge in [-0.2, -0.15) is 0 Å². The standard InChI is InChI=1S/C17H19NSi.C14H11.2ClH.Zr/c1-11-10-14-15(17-12(2)16(14)19(17,3)4)18(11)13-8-6-5-7-9-13;1-10-8-12-7-6-11-4-2-3-5-13(11)14(12)9-10;;;/h5-10,16H,1-4H3;2-9H,1H3;2*1H;/q;;;;+2/p-2. The quantitative estimate of drug-likeness (QED) is 0.294. The van der Waals surface area contributed by atoms with Crippen molar-refractivity contribution < 1.29 is 49.5 Å². The van der Waals surface area contributed by atoms with E-state index < -0.39 is 8.07 Å². The van der Waals surface area contributed by atoms with Crippen LogP contribution < -0.4 is 24.8 Å². The van der Waals surface area contributed by atoms with E-state index in [-0.39, 0.29) is 24.8 Å². The number of aryl methyl sites for hydroxylation is 1. The van der Waals surface area contributed by atoms with Crippen LogP contribution in [0.4, 0.5) is 0 Å². The van der Waals surface area contributed by atoms with Crippen molar-refractivity contribution in [1.82, 2.24) is 4.57 Å². The Hall–Kier alpha value is -1.64. The van der Waals surface area contributed by atoms with E-state index in [4.69, 9.17) is 0 Å². The molecule has 4 aliphatic rings. The average Bonchev–Trinajstić information content (AvgIpc) is 3.47. The number of benzene rings is 3. The summed E-state index contributed by atoms with van der Waals surface area (Å²) in [6.07, 6.45) is 2.36. The summed E-state index contributed by atoms with van der Waals surface area (Å²) in [7, 11) is -1.19. The number of allylic oxidation sites excluding steroid dienone is 2. The molecule has 0 amide bonds. The number of halogens is 2. The fourth-order valence-corrected chi connectivity index (χ4v) is 11.8. The van der Waals surface area contributed by atoms with Gasteiger partial charge in [0, 0.05) is 22.6 Å². The molecule has 2 unspecified atom stereocenters. The van der Waals surface area contributed by atoms with Crippen LogP contribution in [0.1, 0.15) is 51.1 Å². The van der Waals surface area contributed by atoms with E-state index in [0.29, 0.717) is 3.63 Å². The van der Waals surface area contributed by atoms with Crippen molar-refractivity contribution in [3.63, 3.8) is 0 Å². The molecular weight excluding hydrogens is 577 g/mol. The van der Waals surface area contributed by atoms with Gasteiger partial charge >= 0.3 is 105 Å². The Bertz CT molecular complexity index is 1530. The van der Waals surface area contributed by atoms with Gasteiger partial charge in [0.2, 0.25) is 0 Å². The SMILES string of the molecule is CC1=C2c3c(cc(C)n3-c3ccccc3)C1[Si]2(C)C.CC1=Cc2c(ccc3ccccc23)[CH]1[Zr+2].[Cl-].[Cl-]. The molecule has 1 aromatic heterocycles. The first-order valence-electron chi connectivity index (χ1n) is 12.2. The predicted octanol–water partition coefficient (Wildman–Crippen LogP) is 2.31.